The number of fused-ring (bicyclic) bond motifs is 1. The molecule has 1 saturated heterocycles. The molecule has 6 atom stereocenters. The van der Waals surface area contributed by atoms with E-state index in [2.05, 4.69) is 49.9 Å². The molecule has 0 N–H and O–H groups in total. The van der Waals surface area contributed by atoms with Gasteiger partial charge in [-0.25, -0.2) is 0 Å². The third-order valence-electron chi connectivity index (χ3n) is 8.80. The lowest BCUT2D eigenvalue weighted by molar-refractivity contribution is -0.192. The van der Waals surface area contributed by atoms with Crippen LogP contribution in [0.3, 0.4) is 0 Å². The number of carbonyl (C=O) groups is 1. The van der Waals surface area contributed by atoms with Crippen molar-refractivity contribution < 1.29 is 19.0 Å². The van der Waals surface area contributed by atoms with Crippen LogP contribution >= 0.6 is 0 Å². The van der Waals surface area contributed by atoms with Crippen LogP contribution in [0, 0.1) is 23.7 Å². The van der Waals surface area contributed by atoms with E-state index in [9.17, 15) is 4.79 Å². The zero-order chi connectivity index (χ0) is 27.3. The molecule has 2 aliphatic carbocycles. The summed E-state index contributed by atoms with van der Waals surface area (Å²) in [4.78, 5) is 12.9. The lowest BCUT2D eigenvalue weighted by Crippen LogP contribution is -2.30. The second-order valence-electron chi connectivity index (χ2n) is 11.9. The van der Waals surface area contributed by atoms with Gasteiger partial charge in [-0.1, -0.05) is 67.5 Å². The van der Waals surface area contributed by atoms with Crippen LogP contribution in [0.5, 0.6) is 0 Å². The highest BCUT2D eigenvalue weighted by molar-refractivity contribution is 5.91. The number of unbranched alkanes of at least 4 members (excludes halogenated alkanes) is 3. The highest BCUT2D eigenvalue weighted by Crippen LogP contribution is 2.49. The largest absolute Gasteiger partial charge is 0.377 e. The predicted octanol–water partition coefficient (Wildman–Crippen LogP) is 8.38. The molecular formula is C35H50O4. The summed E-state index contributed by atoms with van der Waals surface area (Å²) < 4.78 is 18.3. The van der Waals surface area contributed by atoms with Gasteiger partial charge in [0.15, 0.2) is 12.1 Å². The van der Waals surface area contributed by atoms with E-state index in [1.165, 1.54) is 31.2 Å². The van der Waals surface area contributed by atoms with Gasteiger partial charge in [0.05, 0.1) is 12.7 Å². The van der Waals surface area contributed by atoms with Crippen molar-refractivity contribution in [3.05, 3.63) is 72.4 Å². The van der Waals surface area contributed by atoms with Crippen molar-refractivity contribution in [3.63, 3.8) is 0 Å². The third-order valence-corrected chi connectivity index (χ3v) is 8.80. The molecule has 1 saturated carbocycles. The minimum absolute atomic E-state index is 0.0633. The summed E-state index contributed by atoms with van der Waals surface area (Å²) in [6.45, 7) is 8.18. The van der Waals surface area contributed by atoms with Crippen LogP contribution in [0.15, 0.2) is 66.8 Å². The Balaban J connectivity index is 1.24. The Morgan fingerprint density at radius 3 is 2.82 bits per heavy atom. The molecule has 214 valence electrons. The number of carbonyl (C=O) groups excluding carboxylic acids is 1. The molecule has 1 aliphatic heterocycles. The fourth-order valence-electron chi connectivity index (χ4n) is 6.50. The molecule has 0 aromatic heterocycles. The van der Waals surface area contributed by atoms with Gasteiger partial charge in [0.1, 0.15) is 0 Å². The second kappa shape index (κ2) is 16.3. The van der Waals surface area contributed by atoms with Crippen LogP contribution in [-0.4, -0.2) is 31.4 Å². The van der Waals surface area contributed by atoms with E-state index in [1.54, 1.807) is 5.57 Å². The smallest absolute Gasteiger partial charge is 0.158 e. The average Bonchev–Trinajstić information content (AvgIpc) is 3.49. The lowest BCUT2D eigenvalue weighted by atomic mass is 9.88. The Kier molecular flexibility index (Phi) is 12.5. The van der Waals surface area contributed by atoms with Gasteiger partial charge in [0.25, 0.3) is 0 Å². The van der Waals surface area contributed by atoms with Crippen molar-refractivity contribution in [2.45, 2.75) is 103 Å². The Hall–Kier alpha value is -2.01. The van der Waals surface area contributed by atoms with E-state index in [4.69, 9.17) is 14.2 Å². The number of ketones is 1. The van der Waals surface area contributed by atoms with Crippen molar-refractivity contribution in [1.29, 1.82) is 0 Å². The molecule has 3 aliphatic rings. The molecule has 4 heteroatoms. The fourth-order valence-corrected chi connectivity index (χ4v) is 6.50. The highest BCUT2D eigenvalue weighted by atomic mass is 16.7. The first kappa shape index (κ1) is 30.0. The molecule has 1 aromatic carbocycles. The van der Waals surface area contributed by atoms with Gasteiger partial charge >= 0.3 is 0 Å². The Morgan fingerprint density at radius 2 is 2.03 bits per heavy atom. The number of allylic oxidation sites excluding steroid dienone is 4. The molecule has 39 heavy (non-hydrogen) atoms. The van der Waals surface area contributed by atoms with Gasteiger partial charge in [0.2, 0.25) is 0 Å². The van der Waals surface area contributed by atoms with Gasteiger partial charge in [-0.05, 0) is 94.1 Å². The first-order valence-electron chi connectivity index (χ1n) is 15.5. The maximum atomic E-state index is 12.9. The van der Waals surface area contributed by atoms with Crippen molar-refractivity contribution in [2.75, 3.05) is 13.2 Å². The summed E-state index contributed by atoms with van der Waals surface area (Å²) in [5.41, 5.74) is 2.84. The summed E-state index contributed by atoms with van der Waals surface area (Å²) in [5.74, 6) is 1.69. The molecule has 2 unspecified atom stereocenters. The summed E-state index contributed by atoms with van der Waals surface area (Å²) in [7, 11) is 0. The van der Waals surface area contributed by atoms with Gasteiger partial charge in [0, 0.05) is 25.0 Å². The molecule has 2 fully saturated rings. The Labute approximate surface area is 236 Å². The van der Waals surface area contributed by atoms with Gasteiger partial charge in [-0.3, -0.25) is 4.79 Å². The summed E-state index contributed by atoms with van der Waals surface area (Å²) in [6, 6.07) is 10.4. The standard InChI is InChI=1S/C35H50O4/c1-3-4-7-14-27(2)33(36)20-19-31-32-24-29(17-10-6-12-21-37-26-28-15-8-5-9-16-28)23-30(32)25-34(31)39-35-18-11-13-22-38-35/h3,5,8-9,15-16,19-20,23,27,30-32,34-35H,1,4,6-7,10-14,17-18,21-22,24-26H2,2H3/t27?,30-,31-,32-,34-,35?/m1/s1. The molecule has 0 amide bonds. The topological polar surface area (TPSA) is 44.8 Å². The lowest BCUT2D eigenvalue weighted by Gasteiger charge is -2.29. The Bertz CT molecular complexity index is 929. The van der Waals surface area contributed by atoms with Crippen LogP contribution < -0.4 is 0 Å². The number of hydrogen-bond acceptors (Lipinski definition) is 4. The van der Waals surface area contributed by atoms with E-state index >= 15 is 0 Å². The van der Waals surface area contributed by atoms with Crippen molar-refractivity contribution >= 4 is 5.78 Å². The van der Waals surface area contributed by atoms with Gasteiger partial charge in [-0.15, -0.1) is 6.58 Å². The fraction of sp³-hybridized carbons (Fsp3) is 0.629. The maximum absolute atomic E-state index is 12.9. The molecule has 1 heterocycles. The van der Waals surface area contributed by atoms with E-state index in [0.717, 1.165) is 64.6 Å². The number of rotatable bonds is 17. The SMILES string of the molecule is C=CCCCC(C)C(=O)C=C[C@@H]1[C@@H]2CC(CCCCCOCc3ccccc3)=C[C@@H]2C[C@H]1OC1CCCCO1. The normalized spacial score (nSPS) is 27.4. The maximum Gasteiger partial charge on any atom is 0.158 e. The van der Waals surface area contributed by atoms with E-state index < -0.39 is 0 Å². The number of hydrogen-bond donors (Lipinski definition) is 0. The van der Waals surface area contributed by atoms with Crippen molar-refractivity contribution in [2.24, 2.45) is 23.7 Å². The zero-order valence-corrected chi connectivity index (χ0v) is 24.1. The quantitative estimate of drug-likeness (QED) is 0.114. The summed E-state index contributed by atoms with van der Waals surface area (Å²) in [5, 5.41) is 0. The van der Waals surface area contributed by atoms with Crippen LogP contribution in [0.1, 0.15) is 89.5 Å². The molecule has 1 aromatic rings. The minimum atomic E-state index is -0.0837. The second-order valence-corrected chi connectivity index (χ2v) is 11.9. The molecule has 0 bridgehead atoms. The number of benzene rings is 1. The third kappa shape index (κ3) is 9.55. The molecule has 4 nitrogen and oxygen atoms in total. The zero-order valence-electron chi connectivity index (χ0n) is 24.1. The molecule has 0 radical (unpaired) electrons. The van der Waals surface area contributed by atoms with Crippen LogP contribution in [-0.2, 0) is 25.6 Å². The first-order chi connectivity index (χ1) is 19.1. The molecule has 4 rings (SSSR count). The monoisotopic (exact) mass is 534 g/mol. The summed E-state index contributed by atoms with van der Waals surface area (Å²) in [6.07, 6.45) is 21.7. The van der Waals surface area contributed by atoms with Crippen molar-refractivity contribution in [1.82, 2.24) is 0 Å². The van der Waals surface area contributed by atoms with E-state index in [-0.39, 0.29) is 30.0 Å². The number of ether oxygens (including phenoxy) is 3. The predicted molar refractivity (Wildman–Crippen MR) is 158 cm³/mol. The summed E-state index contributed by atoms with van der Waals surface area (Å²) >= 11 is 0. The first-order valence-corrected chi connectivity index (χ1v) is 15.5. The Morgan fingerprint density at radius 1 is 1.15 bits per heavy atom. The van der Waals surface area contributed by atoms with Gasteiger partial charge < -0.3 is 14.2 Å². The van der Waals surface area contributed by atoms with Crippen LogP contribution in [0.2, 0.25) is 0 Å². The van der Waals surface area contributed by atoms with Gasteiger partial charge in [-0.2, -0.15) is 0 Å². The highest BCUT2D eigenvalue weighted by Gasteiger charge is 2.45. The van der Waals surface area contributed by atoms with E-state index in [1.807, 2.05) is 18.2 Å². The van der Waals surface area contributed by atoms with Crippen molar-refractivity contribution in [3.8, 4) is 0 Å². The van der Waals surface area contributed by atoms with E-state index in [0.29, 0.717) is 18.4 Å². The molecule has 0 spiro atoms. The molecular weight excluding hydrogens is 484 g/mol. The minimum Gasteiger partial charge on any atom is -0.377 e. The average molecular weight is 535 g/mol. The van der Waals surface area contributed by atoms with Crippen LogP contribution in [0.4, 0.5) is 0 Å². The van der Waals surface area contributed by atoms with Crippen LogP contribution in [0.25, 0.3) is 0 Å².